The Morgan fingerprint density at radius 2 is 2.04 bits per heavy atom. The van der Waals surface area contributed by atoms with E-state index < -0.39 is 5.79 Å². The first-order chi connectivity index (χ1) is 12.1. The summed E-state index contributed by atoms with van der Waals surface area (Å²) in [6.45, 7) is 1.94. The van der Waals surface area contributed by atoms with Gasteiger partial charge in [0.2, 0.25) is 5.91 Å². The summed E-state index contributed by atoms with van der Waals surface area (Å²) in [7, 11) is 0. The highest BCUT2D eigenvalue weighted by atomic mass is 32.1. The van der Waals surface area contributed by atoms with Crippen molar-refractivity contribution in [1.82, 2.24) is 4.98 Å². The van der Waals surface area contributed by atoms with E-state index in [2.05, 4.69) is 10.3 Å². The Morgan fingerprint density at radius 3 is 2.80 bits per heavy atom. The first-order valence-electron chi connectivity index (χ1n) is 8.55. The lowest BCUT2D eigenvalue weighted by Crippen LogP contribution is -2.40. The number of anilines is 1. The second-order valence-corrected chi connectivity index (χ2v) is 7.51. The molecule has 6 heteroatoms. The number of aromatic nitrogens is 1. The Kier molecular flexibility index (Phi) is 4.21. The van der Waals surface area contributed by atoms with Gasteiger partial charge in [0, 0.05) is 36.1 Å². The number of ether oxygens (including phenoxy) is 2. The molecule has 130 valence electrons. The molecule has 4 rings (SSSR count). The maximum absolute atomic E-state index is 12.1. The molecule has 2 aromatic rings. The molecular formula is C19H20N2O3S. The van der Waals surface area contributed by atoms with Crippen molar-refractivity contribution in [2.75, 3.05) is 5.32 Å². The Hall–Kier alpha value is -2.34. The molecule has 1 fully saturated rings. The molecule has 0 atom stereocenters. The van der Waals surface area contributed by atoms with E-state index in [1.165, 1.54) is 12.5 Å². The first kappa shape index (κ1) is 16.1. The SMILES string of the molecule is Cc1nc(/C=C/C(=O)Nc2ccc3c(c2)OC2(CCCCC2)O3)cs1. The average molecular weight is 356 g/mol. The summed E-state index contributed by atoms with van der Waals surface area (Å²) in [4.78, 5) is 16.4. The Morgan fingerprint density at radius 1 is 1.24 bits per heavy atom. The molecule has 0 saturated heterocycles. The van der Waals surface area contributed by atoms with Gasteiger partial charge >= 0.3 is 0 Å². The number of aryl methyl sites for hydroxylation is 1. The quantitative estimate of drug-likeness (QED) is 0.821. The first-order valence-corrected chi connectivity index (χ1v) is 9.43. The van der Waals surface area contributed by atoms with Gasteiger partial charge in [-0.25, -0.2) is 4.98 Å². The minimum Gasteiger partial charge on any atom is -0.448 e. The Labute approximate surface area is 150 Å². The van der Waals surface area contributed by atoms with Crippen molar-refractivity contribution in [3.8, 4) is 11.5 Å². The van der Waals surface area contributed by atoms with Crippen LogP contribution in [0.1, 0.15) is 42.8 Å². The fourth-order valence-corrected chi connectivity index (χ4v) is 3.85. The molecule has 1 aliphatic heterocycles. The van der Waals surface area contributed by atoms with Crippen molar-refractivity contribution in [2.24, 2.45) is 0 Å². The number of amides is 1. The molecule has 1 spiro atoms. The van der Waals surface area contributed by atoms with Gasteiger partial charge in [-0.2, -0.15) is 0 Å². The number of hydrogen-bond donors (Lipinski definition) is 1. The maximum Gasteiger partial charge on any atom is 0.251 e. The molecule has 0 radical (unpaired) electrons. The molecular weight excluding hydrogens is 336 g/mol. The third kappa shape index (κ3) is 3.54. The van der Waals surface area contributed by atoms with Crippen LogP contribution in [0.2, 0.25) is 0 Å². The minimum atomic E-state index is -0.494. The molecule has 1 aromatic heterocycles. The summed E-state index contributed by atoms with van der Waals surface area (Å²) in [5.41, 5.74) is 1.49. The van der Waals surface area contributed by atoms with Gasteiger partial charge in [-0.05, 0) is 38.0 Å². The summed E-state index contributed by atoms with van der Waals surface area (Å²) in [6.07, 6.45) is 8.51. The molecule has 1 amide bonds. The van der Waals surface area contributed by atoms with Crippen LogP contribution in [0.4, 0.5) is 5.69 Å². The zero-order chi connectivity index (χ0) is 17.3. The van der Waals surface area contributed by atoms with E-state index in [0.717, 1.165) is 42.1 Å². The molecule has 2 aliphatic rings. The van der Waals surface area contributed by atoms with Crippen LogP contribution >= 0.6 is 11.3 Å². The number of carbonyl (C=O) groups excluding carboxylic acids is 1. The summed E-state index contributed by atoms with van der Waals surface area (Å²) in [5, 5.41) is 5.75. The molecule has 1 saturated carbocycles. The monoisotopic (exact) mass is 356 g/mol. The number of fused-ring (bicyclic) bond motifs is 1. The molecule has 1 aromatic carbocycles. The zero-order valence-electron chi connectivity index (χ0n) is 14.1. The molecule has 25 heavy (non-hydrogen) atoms. The normalized spacial score (nSPS) is 18.0. The van der Waals surface area contributed by atoms with Crippen LogP contribution < -0.4 is 14.8 Å². The van der Waals surface area contributed by atoms with E-state index in [0.29, 0.717) is 11.4 Å². The lowest BCUT2D eigenvalue weighted by atomic mass is 9.94. The molecule has 1 aliphatic carbocycles. The van der Waals surface area contributed by atoms with Gasteiger partial charge in [0.25, 0.3) is 5.79 Å². The van der Waals surface area contributed by atoms with Crippen molar-refractivity contribution in [2.45, 2.75) is 44.8 Å². The number of rotatable bonds is 3. The summed E-state index contributed by atoms with van der Waals surface area (Å²) in [6, 6.07) is 5.53. The lowest BCUT2D eigenvalue weighted by Gasteiger charge is -2.31. The topological polar surface area (TPSA) is 60.5 Å². The van der Waals surface area contributed by atoms with Crippen molar-refractivity contribution in [1.29, 1.82) is 0 Å². The van der Waals surface area contributed by atoms with E-state index in [9.17, 15) is 4.79 Å². The zero-order valence-corrected chi connectivity index (χ0v) is 14.9. The Balaban J connectivity index is 1.42. The van der Waals surface area contributed by atoms with Gasteiger partial charge in [-0.1, -0.05) is 6.42 Å². The van der Waals surface area contributed by atoms with Crippen molar-refractivity contribution in [3.63, 3.8) is 0 Å². The van der Waals surface area contributed by atoms with E-state index in [1.54, 1.807) is 17.4 Å². The van der Waals surface area contributed by atoms with E-state index >= 15 is 0 Å². The van der Waals surface area contributed by atoms with Crippen LogP contribution in [-0.2, 0) is 4.79 Å². The molecule has 2 heterocycles. The van der Waals surface area contributed by atoms with Crippen LogP contribution in [0, 0.1) is 6.92 Å². The van der Waals surface area contributed by atoms with E-state index in [1.807, 2.05) is 30.5 Å². The molecule has 5 nitrogen and oxygen atoms in total. The summed E-state index contributed by atoms with van der Waals surface area (Å²) in [5.74, 6) is 0.773. The largest absolute Gasteiger partial charge is 0.448 e. The van der Waals surface area contributed by atoms with Crippen LogP contribution in [0.15, 0.2) is 29.7 Å². The molecule has 1 N–H and O–H groups in total. The predicted octanol–water partition coefficient (Wildman–Crippen LogP) is 4.54. The second kappa shape index (κ2) is 6.52. The number of hydrogen-bond acceptors (Lipinski definition) is 5. The highest BCUT2D eigenvalue weighted by molar-refractivity contribution is 7.09. The number of thiazole rings is 1. The average Bonchev–Trinajstić information content (AvgIpc) is 3.16. The smallest absolute Gasteiger partial charge is 0.251 e. The number of nitrogens with one attached hydrogen (secondary N) is 1. The van der Waals surface area contributed by atoms with Gasteiger partial charge in [-0.3, -0.25) is 4.79 Å². The maximum atomic E-state index is 12.1. The molecule has 0 unspecified atom stereocenters. The fraction of sp³-hybridized carbons (Fsp3) is 0.368. The number of benzene rings is 1. The van der Waals surface area contributed by atoms with Gasteiger partial charge in [0.15, 0.2) is 11.5 Å². The predicted molar refractivity (Wildman–Crippen MR) is 98.0 cm³/mol. The van der Waals surface area contributed by atoms with Crippen LogP contribution in [0.5, 0.6) is 11.5 Å². The molecule has 0 bridgehead atoms. The number of carbonyl (C=O) groups is 1. The fourth-order valence-electron chi connectivity index (χ4n) is 3.27. The summed E-state index contributed by atoms with van der Waals surface area (Å²) < 4.78 is 12.1. The van der Waals surface area contributed by atoms with E-state index in [4.69, 9.17) is 9.47 Å². The highest BCUT2D eigenvalue weighted by Gasteiger charge is 2.42. The minimum absolute atomic E-state index is 0.197. The van der Waals surface area contributed by atoms with Crippen LogP contribution in [0.3, 0.4) is 0 Å². The standard InChI is InChI=1S/C19H20N2O3S/c1-13-20-15(12-25-13)6-8-18(22)21-14-5-7-16-17(11-14)24-19(23-16)9-3-2-4-10-19/h5-8,11-12H,2-4,9-10H2,1H3,(H,21,22)/b8-6+. The second-order valence-electron chi connectivity index (χ2n) is 6.45. The van der Waals surface area contributed by atoms with Crippen molar-refractivity contribution >= 4 is 29.0 Å². The van der Waals surface area contributed by atoms with Crippen molar-refractivity contribution < 1.29 is 14.3 Å². The highest BCUT2D eigenvalue weighted by Crippen LogP contribution is 2.46. The third-order valence-electron chi connectivity index (χ3n) is 4.46. The van der Waals surface area contributed by atoms with Gasteiger partial charge in [0.05, 0.1) is 10.7 Å². The lowest BCUT2D eigenvalue weighted by molar-refractivity contribution is -0.111. The van der Waals surface area contributed by atoms with Gasteiger partial charge < -0.3 is 14.8 Å². The van der Waals surface area contributed by atoms with Crippen molar-refractivity contribution in [3.05, 3.63) is 40.4 Å². The number of nitrogens with zero attached hydrogens (tertiary/aromatic N) is 1. The summed E-state index contributed by atoms with van der Waals surface area (Å²) >= 11 is 1.56. The third-order valence-corrected chi connectivity index (χ3v) is 5.25. The van der Waals surface area contributed by atoms with Gasteiger partial charge in [0.1, 0.15) is 0 Å². The van der Waals surface area contributed by atoms with Crippen LogP contribution in [-0.4, -0.2) is 16.7 Å². The van der Waals surface area contributed by atoms with Crippen LogP contribution in [0.25, 0.3) is 6.08 Å². The van der Waals surface area contributed by atoms with Gasteiger partial charge in [-0.15, -0.1) is 11.3 Å². The van der Waals surface area contributed by atoms with E-state index in [-0.39, 0.29) is 5.91 Å². The Bertz CT molecular complexity index is 822.